The monoisotopic (exact) mass is 360 g/mol. The minimum Gasteiger partial charge on any atom is -0.322 e. The summed E-state index contributed by atoms with van der Waals surface area (Å²) < 4.78 is 27.5. The van der Waals surface area contributed by atoms with Crippen LogP contribution in [0, 0.1) is 27.7 Å². The largest absolute Gasteiger partial charge is 0.322 e. The average Bonchev–Trinajstić information content (AvgIpc) is 2.87. The van der Waals surface area contributed by atoms with Gasteiger partial charge in [-0.1, -0.05) is 0 Å². The molecule has 3 N–H and O–H groups in total. The van der Waals surface area contributed by atoms with Crippen molar-refractivity contribution in [3.05, 3.63) is 56.6 Å². The minimum absolute atomic E-state index is 0.0927. The number of pyridine rings is 1. The Hall–Kier alpha value is -2.45. The van der Waals surface area contributed by atoms with E-state index in [1.807, 2.05) is 26.0 Å². The molecular weight excluding hydrogens is 340 g/mol. The number of nitrogens with one attached hydrogen (secondary N) is 3. The van der Waals surface area contributed by atoms with Crippen molar-refractivity contribution in [1.82, 2.24) is 19.9 Å². The molecule has 3 aromatic rings. The molecule has 0 aliphatic heterocycles. The summed E-state index contributed by atoms with van der Waals surface area (Å²) in [6.45, 7) is 7.14. The van der Waals surface area contributed by atoms with E-state index in [1.54, 1.807) is 19.9 Å². The molecule has 8 heteroatoms. The van der Waals surface area contributed by atoms with Crippen molar-refractivity contribution < 1.29 is 8.42 Å². The number of H-pyrrole nitrogens is 2. The maximum atomic E-state index is 12.5. The molecule has 2 aromatic heterocycles. The number of nitrogens with zero attached hydrogens (tertiary/aromatic N) is 1. The summed E-state index contributed by atoms with van der Waals surface area (Å²) in [6, 6.07) is 5.61. The maximum absolute atomic E-state index is 12.5. The molecule has 25 heavy (non-hydrogen) atoms. The van der Waals surface area contributed by atoms with Crippen LogP contribution in [0.2, 0.25) is 0 Å². The van der Waals surface area contributed by atoms with Crippen LogP contribution in [0.15, 0.2) is 27.9 Å². The van der Waals surface area contributed by atoms with Crippen molar-refractivity contribution in [1.29, 1.82) is 0 Å². The Balaban J connectivity index is 1.94. The molecule has 3 rings (SSSR count). The van der Waals surface area contributed by atoms with Crippen LogP contribution in [0.5, 0.6) is 0 Å². The molecule has 2 heterocycles. The molecule has 0 saturated carbocycles. The fourth-order valence-corrected chi connectivity index (χ4v) is 4.21. The van der Waals surface area contributed by atoms with E-state index in [1.165, 1.54) is 0 Å². The van der Waals surface area contributed by atoms with Crippen LogP contribution in [0.1, 0.15) is 28.1 Å². The Morgan fingerprint density at radius 1 is 1.08 bits per heavy atom. The lowest BCUT2D eigenvalue weighted by Crippen LogP contribution is -2.27. The Morgan fingerprint density at radius 2 is 1.76 bits per heavy atom. The first-order chi connectivity index (χ1) is 11.7. The van der Waals surface area contributed by atoms with Gasteiger partial charge in [0.05, 0.1) is 11.4 Å². The quantitative estimate of drug-likeness (QED) is 0.661. The molecule has 0 aliphatic carbocycles. The van der Waals surface area contributed by atoms with Gasteiger partial charge in [0.2, 0.25) is 10.0 Å². The van der Waals surface area contributed by atoms with Crippen LogP contribution in [-0.4, -0.2) is 23.6 Å². The van der Waals surface area contributed by atoms with Gasteiger partial charge < -0.3 is 4.98 Å². The van der Waals surface area contributed by atoms with Crippen LogP contribution in [0.25, 0.3) is 10.9 Å². The van der Waals surface area contributed by atoms with Gasteiger partial charge in [0.1, 0.15) is 4.90 Å². The standard InChI is InChI=1S/C17H20N4O3S/c1-9-5-13-7-14(17(22)19-15(13)6-10(9)2)8-18-25(23,24)16-11(3)20-21-12(16)4/h5-7,18H,8H2,1-4H3,(H,19,22)(H,20,21). The highest BCUT2D eigenvalue weighted by molar-refractivity contribution is 7.89. The molecule has 0 amide bonds. The van der Waals surface area contributed by atoms with E-state index in [0.29, 0.717) is 17.0 Å². The molecule has 132 valence electrons. The molecule has 0 saturated heterocycles. The minimum atomic E-state index is -3.76. The number of benzene rings is 1. The van der Waals surface area contributed by atoms with Crippen LogP contribution in [0.4, 0.5) is 0 Å². The first-order valence-corrected chi connectivity index (χ1v) is 9.32. The van der Waals surface area contributed by atoms with Crippen LogP contribution < -0.4 is 10.3 Å². The summed E-state index contributed by atoms with van der Waals surface area (Å²) >= 11 is 0. The van der Waals surface area contributed by atoms with E-state index in [-0.39, 0.29) is 17.0 Å². The van der Waals surface area contributed by atoms with Crippen molar-refractivity contribution in [2.45, 2.75) is 39.1 Å². The molecule has 1 aromatic carbocycles. The molecule has 0 atom stereocenters. The van der Waals surface area contributed by atoms with Crippen molar-refractivity contribution in [2.24, 2.45) is 0 Å². The highest BCUT2D eigenvalue weighted by atomic mass is 32.2. The molecule has 0 bridgehead atoms. The lowest BCUT2D eigenvalue weighted by atomic mass is 10.1. The number of fused-ring (bicyclic) bond motifs is 1. The zero-order chi connectivity index (χ0) is 18.4. The summed E-state index contributed by atoms with van der Waals surface area (Å²) in [6.07, 6.45) is 0. The van der Waals surface area contributed by atoms with Crippen molar-refractivity contribution in [2.75, 3.05) is 0 Å². The van der Waals surface area contributed by atoms with E-state index in [4.69, 9.17) is 0 Å². The zero-order valence-electron chi connectivity index (χ0n) is 14.5. The van der Waals surface area contributed by atoms with E-state index in [9.17, 15) is 13.2 Å². The maximum Gasteiger partial charge on any atom is 0.252 e. The molecule has 0 fully saturated rings. The Kier molecular flexibility index (Phi) is 4.26. The van der Waals surface area contributed by atoms with Crippen molar-refractivity contribution in [3.8, 4) is 0 Å². The van der Waals surface area contributed by atoms with Crippen molar-refractivity contribution >= 4 is 20.9 Å². The number of aryl methyl sites for hydroxylation is 4. The van der Waals surface area contributed by atoms with Gasteiger partial charge in [-0.15, -0.1) is 0 Å². The third kappa shape index (κ3) is 3.22. The van der Waals surface area contributed by atoms with Gasteiger partial charge in [-0.25, -0.2) is 13.1 Å². The molecule has 7 nitrogen and oxygen atoms in total. The van der Waals surface area contributed by atoms with E-state index in [2.05, 4.69) is 19.9 Å². The topological polar surface area (TPSA) is 108 Å². The Morgan fingerprint density at radius 3 is 2.40 bits per heavy atom. The number of rotatable bonds is 4. The van der Waals surface area contributed by atoms with Gasteiger partial charge in [-0.3, -0.25) is 9.89 Å². The predicted molar refractivity (Wildman–Crippen MR) is 96.1 cm³/mol. The third-order valence-electron chi connectivity index (χ3n) is 4.32. The average molecular weight is 360 g/mol. The lowest BCUT2D eigenvalue weighted by Gasteiger charge is -2.09. The third-order valence-corrected chi connectivity index (χ3v) is 5.98. The predicted octanol–water partition coefficient (Wildman–Crippen LogP) is 1.96. The van der Waals surface area contributed by atoms with Crippen LogP contribution in [-0.2, 0) is 16.6 Å². The van der Waals surface area contributed by atoms with Crippen LogP contribution in [0.3, 0.4) is 0 Å². The van der Waals surface area contributed by atoms with Gasteiger partial charge in [0.15, 0.2) is 0 Å². The summed E-state index contributed by atoms with van der Waals surface area (Å²) in [5, 5.41) is 7.42. The Labute approximate surface area is 145 Å². The fourth-order valence-electron chi connectivity index (χ4n) is 2.83. The van der Waals surface area contributed by atoms with Crippen LogP contribution >= 0.6 is 0 Å². The normalized spacial score (nSPS) is 12.0. The van der Waals surface area contributed by atoms with Gasteiger partial charge in [-0.2, -0.15) is 5.10 Å². The SMILES string of the molecule is Cc1cc2cc(CNS(=O)(=O)c3c(C)n[nH]c3C)c(=O)[nH]c2cc1C. The number of aromatic nitrogens is 3. The second kappa shape index (κ2) is 6.12. The molecule has 0 radical (unpaired) electrons. The first-order valence-electron chi connectivity index (χ1n) is 7.83. The van der Waals surface area contributed by atoms with Gasteiger partial charge in [-0.05, 0) is 62.4 Å². The number of hydrogen-bond donors (Lipinski definition) is 3. The van der Waals surface area contributed by atoms with E-state index < -0.39 is 10.0 Å². The zero-order valence-corrected chi connectivity index (χ0v) is 15.3. The number of sulfonamides is 1. The highest BCUT2D eigenvalue weighted by Gasteiger charge is 2.22. The van der Waals surface area contributed by atoms with E-state index >= 15 is 0 Å². The fraction of sp³-hybridized carbons (Fsp3) is 0.294. The molecular formula is C17H20N4O3S. The second-order valence-electron chi connectivity index (χ2n) is 6.24. The first kappa shape index (κ1) is 17.4. The lowest BCUT2D eigenvalue weighted by molar-refractivity contribution is 0.580. The smallest absolute Gasteiger partial charge is 0.252 e. The highest BCUT2D eigenvalue weighted by Crippen LogP contribution is 2.19. The Bertz CT molecular complexity index is 1110. The summed E-state index contributed by atoms with van der Waals surface area (Å²) in [5.41, 5.74) is 3.84. The summed E-state index contributed by atoms with van der Waals surface area (Å²) in [5.74, 6) is 0. The number of hydrogen-bond acceptors (Lipinski definition) is 4. The van der Waals surface area contributed by atoms with Gasteiger partial charge in [0.25, 0.3) is 5.56 Å². The summed E-state index contributed by atoms with van der Waals surface area (Å²) in [4.78, 5) is 15.2. The molecule has 0 aliphatic rings. The second-order valence-corrected chi connectivity index (χ2v) is 7.94. The van der Waals surface area contributed by atoms with Crippen molar-refractivity contribution in [3.63, 3.8) is 0 Å². The molecule has 0 spiro atoms. The molecule has 0 unspecified atom stereocenters. The van der Waals surface area contributed by atoms with Gasteiger partial charge in [0, 0.05) is 17.6 Å². The van der Waals surface area contributed by atoms with Gasteiger partial charge >= 0.3 is 0 Å². The number of aromatic amines is 2. The summed E-state index contributed by atoms with van der Waals surface area (Å²) in [7, 11) is -3.76. The van der Waals surface area contributed by atoms with E-state index in [0.717, 1.165) is 22.0 Å².